The quantitative estimate of drug-likeness (QED) is 0.905. The smallest absolute Gasteiger partial charge is 0.243 e. The number of aryl methyl sites for hydroxylation is 2. The Morgan fingerprint density at radius 3 is 2.43 bits per heavy atom. The van der Waals surface area contributed by atoms with Gasteiger partial charge in [-0.3, -0.25) is 4.79 Å². The van der Waals surface area contributed by atoms with Crippen molar-refractivity contribution in [2.45, 2.75) is 20.8 Å². The van der Waals surface area contributed by atoms with Gasteiger partial charge in [0, 0.05) is 17.9 Å². The van der Waals surface area contributed by atoms with E-state index < -0.39 is 0 Å². The lowest BCUT2D eigenvalue weighted by Gasteiger charge is -2.22. The van der Waals surface area contributed by atoms with Gasteiger partial charge in [-0.25, -0.2) is 0 Å². The maximum Gasteiger partial charge on any atom is 0.243 e. The number of para-hydroxylation sites is 1. The van der Waals surface area contributed by atoms with Crippen LogP contribution in [0.4, 0.5) is 11.4 Å². The second-order valence-electron chi connectivity index (χ2n) is 5.22. The van der Waals surface area contributed by atoms with Crippen LogP contribution in [0.15, 0.2) is 48.5 Å². The van der Waals surface area contributed by atoms with E-state index in [0.717, 1.165) is 23.5 Å². The van der Waals surface area contributed by atoms with Crippen LogP contribution in [0.25, 0.3) is 0 Å². The highest BCUT2D eigenvalue weighted by Crippen LogP contribution is 2.17. The maximum atomic E-state index is 12.2. The van der Waals surface area contributed by atoms with E-state index in [9.17, 15) is 4.79 Å². The molecule has 110 valence electrons. The molecule has 2 rings (SSSR count). The number of hydrogen-bond donors (Lipinski definition) is 1. The Morgan fingerprint density at radius 2 is 1.81 bits per heavy atom. The van der Waals surface area contributed by atoms with Crippen molar-refractivity contribution >= 4 is 17.3 Å². The van der Waals surface area contributed by atoms with Gasteiger partial charge >= 0.3 is 0 Å². The lowest BCUT2D eigenvalue weighted by molar-refractivity contribution is -0.115. The molecule has 0 radical (unpaired) electrons. The van der Waals surface area contributed by atoms with Gasteiger partial charge in [0.25, 0.3) is 0 Å². The first kappa shape index (κ1) is 15.1. The highest BCUT2D eigenvalue weighted by Gasteiger charge is 2.10. The van der Waals surface area contributed by atoms with Gasteiger partial charge in [0.05, 0.1) is 6.54 Å². The number of likely N-dealkylation sites (N-methyl/N-ethyl adjacent to an activating group) is 1. The Kier molecular flexibility index (Phi) is 4.99. The Labute approximate surface area is 126 Å². The molecule has 0 fully saturated rings. The third-order valence-electron chi connectivity index (χ3n) is 3.49. The highest BCUT2D eigenvalue weighted by atomic mass is 16.2. The molecule has 2 aromatic rings. The third kappa shape index (κ3) is 4.09. The first-order valence-electron chi connectivity index (χ1n) is 7.27. The topological polar surface area (TPSA) is 32.3 Å². The van der Waals surface area contributed by atoms with Crippen molar-refractivity contribution in [3.05, 3.63) is 59.7 Å². The zero-order valence-electron chi connectivity index (χ0n) is 12.9. The van der Waals surface area contributed by atoms with Crippen LogP contribution in [0.3, 0.4) is 0 Å². The summed E-state index contributed by atoms with van der Waals surface area (Å²) in [5.41, 5.74) is 4.24. The van der Waals surface area contributed by atoms with E-state index in [1.54, 1.807) is 0 Å². The molecule has 0 heterocycles. The van der Waals surface area contributed by atoms with Crippen LogP contribution in [0.2, 0.25) is 0 Å². The van der Waals surface area contributed by atoms with Gasteiger partial charge in [0.15, 0.2) is 0 Å². The summed E-state index contributed by atoms with van der Waals surface area (Å²) in [7, 11) is 0. The van der Waals surface area contributed by atoms with Crippen LogP contribution in [0, 0.1) is 13.8 Å². The molecule has 0 aliphatic carbocycles. The average molecular weight is 282 g/mol. The summed E-state index contributed by atoms with van der Waals surface area (Å²) in [5.74, 6) is 0.00709. The van der Waals surface area contributed by atoms with Gasteiger partial charge in [-0.2, -0.15) is 0 Å². The number of nitrogens with zero attached hydrogens (tertiary/aromatic N) is 1. The molecule has 0 saturated heterocycles. The summed E-state index contributed by atoms with van der Waals surface area (Å²) >= 11 is 0. The molecule has 3 heteroatoms. The van der Waals surface area contributed by atoms with Crippen molar-refractivity contribution in [3.8, 4) is 0 Å². The molecule has 0 spiro atoms. The Morgan fingerprint density at radius 1 is 1.10 bits per heavy atom. The van der Waals surface area contributed by atoms with E-state index in [1.165, 1.54) is 5.56 Å². The van der Waals surface area contributed by atoms with Gasteiger partial charge in [0.1, 0.15) is 0 Å². The number of hydrogen-bond acceptors (Lipinski definition) is 2. The molecule has 0 unspecified atom stereocenters. The molecule has 1 N–H and O–H groups in total. The van der Waals surface area contributed by atoms with Crippen molar-refractivity contribution in [3.63, 3.8) is 0 Å². The number of carbonyl (C=O) groups is 1. The zero-order valence-corrected chi connectivity index (χ0v) is 12.9. The second kappa shape index (κ2) is 6.93. The largest absolute Gasteiger partial charge is 0.362 e. The van der Waals surface area contributed by atoms with Crippen molar-refractivity contribution < 1.29 is 4.79 Å². The van der Waals surface area contributed by atoms with E-state index in [4.69, 9.17) is 0 Å². The summed E-state index contributed by atoms with van der Waals surface area (Å²) in [6, 6.07) is 16.0. The van der Waals surface area contributed by atoms with Gasteiger partial charge in [-0.1, -0.05) is 35.9 Å². The molecule has 3 nitrogen and oxygen atoms in total. The first-order valence-corrected chi connectivity index (χ1v) is 7.27. The van der Waals surface area contributed by atoms with Crippen molar-refractivity contribution in [1.29, 1.82) is 0 Å². The SMILES string of the molecule is CCN(CC(=O)Nc1ccc(C)cc1C)c1ccccc1. The average Bonchev–Trinajstić information content (AvgIpc) is 2.48. The van der Waals surface area contributed by atoms with Gasteiger partial charge < -0.3 is 10.2 Å². The van der Waals surface area contributed by atoms with E-state index >= 15 is 0 Å². The van der Waals surface area contributed by atoms with Gasteiger partial charge in [-0.05, 0) is 44.5 Å². The van der Waals surface area contributed by atoms with Crippen molar-refractivity contribution in [2.75, 3.05) is 23.3 Å². The molecule has 2 aromatic carbocycles. The van der Waals surface area contributed by atoms with Crippen LogP contribution < -0.4 is 10.2 Å². The monoisotopic (exact) mass is 282 g/mol. The van der Waals surface area contributed by atoms with E-state index in [2.05, 4.69) is 23.2 Å². The molecule has 0 bridgehead atoms. The maximum absolute atomic E-state index is 12.2. The molecule has 0 aliphatic heterocycles. The van der Waals surface area contributed by atoms with Crippen LogP contribution in [0.1, 0.15) is 18.1 Å². The fourth-order valence-corrected chi connectivity index (χ4v) is 2.34. The van der Waals surface area contributed by atoms with Crippen LogP contribution in [-0.4, -0.2) is 19.0 Å². The number of anilines is 2. The summed E-state index contributed by atoms with van der Waals surface area (Å²) in [5, 5.41) is 2.99. The summed E-state index contributed by atoms with van der Waals surface area (Å²) in [4.78, 5) is 14.3. The van der Waals surface area contributed by atoms with Gasteiger partial charge in [0.2, 0.25) is 5.91 Å². The first-order chi connectivity index (χ1) is 10.1. The standard InChI is InChI=1S/C18H22N2O/c1-4-20(16-8-6-5-7-9-16)13-18(21)19-17-11-10-14(2)12-15(17)3/h5-12H,4,13H2,1-3H3,(H,19,21). The number of nitrogens with one attached hydrogen (secondary N) is 1. The van der Waals surface area contributed by atoms with Crippen molar-refractivity contribution in [1.82, 2.24) is 0 Å². The normalized spacial score (nSPS) is 10.2. The lowest BCUT2D eigenvalue weighted by atomic mass is 10.1. The molecule has 0 saturated carbocycles. The lowest BCUT2D eigenvalue weighted by Crippen LogP contribution is -2.33. The fraction of sp³-hybridized carbons (Fsp3) is 0.278. The van der Waals surface area contributed by atoms with Crippen molar-refractivity contribution in [2.24, 2.45) is 0 Å². The fourth-order valence-electron chi connectivity index (χ4n) is 2.34. The predicted octanol–water partition coefficient (Wildman–Crippen LogP) is 3.77. The molecular weight excluding hydrogens is 260 g/mol. The molecule has 1 amide bonds. The van der Waals surface area contributed by atoms with Crippen LogP contribution in [0.5, 0.6) is 0 Å². The van der Waals surface area contributed by atoms with Gasteiger partial charge in [-0.15, -0.1) is 0 Å². The molecule has 0 aromatic heterocycles. The Balaban J connectivity index is 2.03. The van der Waals surface area contributed by atoms with Crippen LogP contribution in [-0.2, 0) is 4.79 Å². The predicted molar refractivity (Wildman–Crippen MR) is 88.9 cm³/mol. The minimum atomic E-state index is 0.00709. The minimum Gasteiger partial charge on any atom is -0.362 e. The van der Waals surface area contributed by atoms with E-state index in [-0.39, 0.29) is 5.91 Å². The minimum absolute atomic E-state index is 0.00709. The Bertz CT molecular complexity index is 608. The molecular formula is C18H22N2O. The summed E-state index contributed by atoms with van der Waals surface area (Å²) < 4.78 is 0. The number of benzene rings is 2. The molecule has 0 aliphatic rings. The Hall–Kier alpha value is -2.29. The summed E-state index contributed by atoms with van der Waals surface area (Å²) in [6.07, 6.45) is 0. The second-order valence-corrected chi connectivity index (χ2v) is 5.22. The number of rotatable bonds is 5. The zero-order chi connectivity index (χ0) is 15.2. The number of carbonyl (C=O) groups excluding carboxylic acids is 1. The number of amides is 1. The third-order valence-corrected chi connectivity index (χ3v) is 3.49. The van der Waals surface area contributed by atoms with E-state index in [1.807, 2.05) is 56.3 Å². The van der Waals surface area contributed by atoms with E-state index in [0.29, 0.717) is 6.54 Å². The van der Waals surface area contributed by atoms with Crippen LogP contribution >= 0.6 is 0 Å². The molecule has 21 heavy (non-hydrogen) atoms. The highest BCUT2D eigenvalue weighted by molar-refractivity contribution is 5.94. The summed E-state index contributed by atoms with van der Waals surface area (Å²) in [6.45, 7) is 7.26. The molecule has 0 atom stereocenters.